The van der Waals surface area contributed by atoms with Crippen molar-refractivity contribution in [3.05, 3.63) is 66.7 Å². The summed E-state index contributed by atoms with van der Waals surface area (Å²) in [6.07, 6.45) is 1.40. The van der Waals surface area contributed by atoms with Gasteiger partial charge in [0.05, 0.1) is 5.69 Å². The van der Waals surface area contributed by atoms with E-state index in [-0.39, 0.29) is 5.91 Å². The van der Waals surface area contributed by atoms with E-state index in [2.05, 4.69) is 11.4 Å². The molecule has 1 amide bonds. The lowest BCUT2D eigenvalue weighted by atomic mass is 10.1. The van der Waals surface area contributed by atoms with Crippen LogP contribution in [0.15, 0.2) is 71.6 Å². The first kappa shape index (κ1) is 16.4. The van der Waals surface area contributed by atoms with E-state index in [1.165, 1.54) is 0 Å². The zero-order valence-corrected chi connectivity index (χ0v) is 14.5. The van der Waals surface area contributed by atoms with E-state index in [4.69, 9.17) is 4.74 Å². The third-order valence-electron chi connectivity index (χ3n) is 3.77. The highest BCUT2D eigenvalue weighted by atomic mass is 32.2. The molecule has 0 fully saturated rings. The van der Waals surface area contributed by atoms with Crippen LogP contribution in [0.4, 0.5) is 5.69 Å². The molecule has 3 nitrogen and oxygen atoms in total. The molecule has 3 aromatic rings. The predicted molar refractivity (Wildman–Crippen MR) is 101 cm³/mol. The van der Waals surface area contributed by atoms with E-state index in [0.717, 1.165) is 21.4 Å². The molecular weight excluding hydrogens is 318 g/mol. The summed E-state index contributed by atoms with van der Waals surface area (Å²) < 4.78 is 5.81. The fourth-order valence-corrected chi connectivity index (χ4v) is 3.03. The molecule has 0 bridgehead atoms. The molecule has 0 aliphatic heterocycles. The van der Waals surface area contributed by atoms with Crippen LogP contribution in [0.1, 0.15) is 6.92 Å². The number of hydrogen-bond donors (Lipinski definition) is 1. The number of amides is 1. The third kappa shape index (κ3) is 3.71. The van der Waals surface area contributed by atoms with Crippen molar-refractivity contribution in [3.8, 4) is 5.75 Å². The number of carbonyl (C=O) groups excluding carboxylic acids is 1. The number of fused-ring (bicyclic) bond motifs is 1. The van der Waals surface area contributed by atoms with Gasteiger partial charge in [-0.3, -0.25) is 4.79 Å². The Balaban J connectivity index is 1.71. The summed E-state index contributed by atoms with van der Waals surface area (Å²) in [5, 5.41) is 5.18. The van der Waals surface area contributed by atoms with Crippen LogP contribution < -0.4 is 10.1 Å². The Labute approximate surface area is 146 Å². The Morgan fingerprint density at radius 1 is 1.00 bits per heavy atom. The number of benzene rings is 3. The summed E-state index contributed by atoms with van der Waals surface area (Å²) in [7, 11) is 0. The average Bonchev–Trinajstić information content (AvgIpc) is 2.62. The molecule has 0 saturated carbocycles. The Hall–Kier alpha value is -2.46. The van der Waals surface area contributed by atoms with Gasteiger partial charge < -0.3 is 10.1 Å². The molecule has 0 aromatic heterocycles. The van der Waals surface area contributed by atoms with Crippen molar-refractivity contribution in [1.29, 1.82) is 0 Å². The number of ether oxygens (including phenoxy) is 1. The van der Waals surface area contributed by atoms with E-state index in [0.29, 0.717) is 5.75 Å². The van der Waals surface area contributed by atoms with Crippen molar-refractivity contribution < 1.29 is 9.53 Å². The van der Waals surface area contributed by atoms with Crippen LogP contribution in [0.5, 0.6) is 5.75 Å². The van der Waals surface area contributed by atoms with Crippen LogP contribution in [0.3, 0.4) is 0 Å². The normalized spacial score (nSPS) is 11.9. The van der Waals surface area contributed by atoms with Crippen LogP contribution >= 0.6 is 11.8 Å². The monoisotopic (exact) mass is 337 g/mol. The van der Waals surface area contributed by atoms with Crippen molar-refractivity contribution in [2.45, 2.75) is 17.9 Å². The van der Waals surface area contributed by atoms with Gasteiger partial charge in [-0.2, -0.15) is 0 Å². The summed E-state index contributed by atoms with van der Waals surface area (Å²) in [5.41, 5.74) is 0.809. The number of nitrogens with one attached hydrogen (secondary N) is 1. The zero-order chi connectivity index (χ0) is 16.9. The Morgan fingerprint density at radius 3 is 2.50 bits per heavy atom. The molecule has 0 heterocycles. The van der Waals surface area contributed by atoms with Crippen LogP contribution in [-0.4, -0.2) is 18.3 Å². The van der Waals surface area contributed by atoms with Gasteiger partial charge in [-0.1, -0.05) is 42.5 Å². The van der Waals surface area contributed by atoms with Crippen LogP contribution in [0, 0.1) is 0 Å². The summed E-state index contributed by atoms with van der Waals surface area (Å²) in [4.78, 5) is 13.4. The first-order chi connectivity index (χ1) is 11.7. The van der Waals surface area contributed by atoms with Crippen LogP contribution in [0.2, 0.25) is 0 Å². The van der Waals surface area contributed by atoms with Gasteiger partial charge in [0.2, 0.25) is 0 Å². The second-order valence-electron chi connectivity index (χ2n) is 5.46. The van der Waals surface area contributed by atoms with Crippen LogP contribution in [0.25, 0.3) is 10.8 Å². The second kappa shape index (κ2) is 7.41. The first-order valence-electron chi connectivity index (χ1n) is 7.77. The highest BCUT2D eigenvalue weighted by molar-refractivity contribution is 7.98. The molecular formula is C20H19NO2S. The molecule has 0 radical (unpaired) electrons. The average molecular weight is 337 g/mol. The van der Waals surface area contributed by atoms with Crippen molar-refractivity contribution in [2.75, 3.05) is 11.6 Å². The van der Waals surface area contributed by atoms with Gasteiger partial charge in [0.1, 0.15) is 5.75 Å². The quantitative estimate of drug-likeness (QED) is 0.668. The Morgan fingerprint density at radius 2 is 1.71 bits per heavy atom. The highest BCUT2D eigenvalue weighted by Crippen LogP contribution is 2.25. The SMILES string of the molecule is CSc1ccccc1NC(=O)[C@@H](C)Oc1ccc2ccccc2c1. The minimum atomic E-state index is -0.582. The van der Waals surface area contributed by atoms with Gasteiger partial charge in [0, 0.05) is 4.90 Å². The molecule has 122 valence electrons. The summed E-state index contributed by atoms with van der Waals surface area (Å²) in [6.45, 7) is 1.76. The maximum atomic E-state index is 12.4. The molecule has 0 aliphatic rings. The molecule has 24 heavy (non-hydrogen) atoms. The van der Waals surface area contributed by atoms with Crippen molar-refractivity contribution in [1.82, 2.24) is 0 Å². The standard InChI is InChI=1S/C20H19NO2S/c1-14(20(22)21-18-9-5-6-10-19(18)24-2)23-17-12-11-15-7-3-4-8-16(15)13-17/h3-14H,1-2H3,(H,21,22)/t14-/m1/s1. The van der Waals surface area contributed by atoms with Gasteiger partial charge in [0.15, 0.2) is 6.10 Å². The molecule has 1 N–H and O–H groups in total. The topological polar surface area (TPSA) is 38.3 Å². The number of rotatable bonds is 5. The second-order valence-corrected chi connectivity index (χ2v) is 6.31. The molecule has 0 aliphatic carbocycles. The molecule has 4 heteroatoms. The van der Waals surface area contributed by atoms with Gasteiger partial charge in [0.25, 0.3) is 5.91 Å². The largest absolute Gasteiger partial charge is 0.481 e. The van der Waals surface area contributed by atoms with E-state index < -0.39 is 6.10 Å². The summed E-state index contributed by atoms with van der Waals surface area (Å²) in [6, 6.07) is 21.7. The van der Waals surface area contributed by atoms with Crippen molar-refractivity contribution in [3.63, 3.8) is 0 Å². The Bertz CT molecular complexity index is 863. The van der Waals surface area contributed by atoms with Gasteiger partial charge in [-0.25, -0.2) is 0 Å². The number of anilines is 1. The molecule has 0 saturated heterocycles. The molecule has 3 aromatic carbocycles. The lowest BCUT2D eigenvalue weighted by Crippen LogP contribution is -2.30. The van der Waals surface area contributed by atoms with Crippen LogP contribution in [-0.2, 0) is 4.79 Å². The minimum Gasteiger partial charge on any atom is -0.481 e. The van der Waals surface area contributed by atoms with E-state index in [1.54, 1.807) is 18.7 Å². The molecule has 3 rings (SSSR count). The van der Waals surface area contributed by atoms with E-state index >= 15 is 0 Å². The fraction of sp³-hybridized carbons (Fsp3) is 0.150. The molecule has 0 unspecified atom stereocenters. The molecule has 1 atom stereocenters. The van der Waals surface area contributed by atoms with Crippen molar-refractivity contribution >= 4 is 34.1 Å². The zero-order valence-electron chi connectivity index (χ0n) is 13.7. The van der Waals surface area contributed by atoms with Gasteiger partial charge in [-0.15, -0.1) is 11.8 Å². The Kier molecular flexibility index (Phi) is 5.06. The summed E-state index contributed by atoms with van der Waals surface area (Å²) in [5.74, 6) is 0.527. The lowest BCUT2D eigenvalue weighted by Gasteiger charge is -2.16. The van der Waals surface area contributed by atoms with E-state index in [1.807, 2.05) is 66.9 Å². The van der Waals surface area contributed by atoms with Crippen molar-refractivity contribution in [2.24, 2.45) is 0 Å². The number of carbonyl (C=O) groups is 1. The number of thioether (sulfide) groups is 1. The smallest absolute Gasteiger partial charge is 0.265 e. The number of para-hydroxylation sites is 1. The molecule has 0 spiro atoms. The lowest BCUT2D eigenvalue weighted by molar-refractivity contribution is -0.122. The first-order valence-corrected chi connectivity index (χ1v) is 8.99. The van der Waals surface area contributed by atoms with Gasteiger partial charge in [-0.05, 0) is 48.2 Å². The third-order valence-corrected chi connectivity index (χ3v) is 4.56. The number of hydrogen-bond acceptors (Lipinski definition) is 3. The highest BCUT2D eigenvalue weighted by Gasteiger charge is 2.16. The maximum absolute atomic E-state index is 12.4. The predicted octanol–water partition coefficient (Wildman–Crippen LogP) is 4.97. The van der Waals surface area contributed by atoms with E-state index in [9.17, 15) is 4.79 Å². The maximum Gasteiger partial charge on any atom is 0.265 e. The summed E-state index contributed by atoms with van der Waals surface area (Å²) >= 11 is 1.60. The fourth-order valence-electron chi connectivity index (χ4n) is 2.48. The van der Waals surface area contributed by atoms with Gasteiger partial charge >= 0.3 is 0 Å². The minimum absolute atomic E-state index is 0.162.